The lowest BCUT2D eigenvalue weighted by atomic mass is 9.90. The largest absolute Gasteiger partial charge is 0.362 e. The molecule has 3 rings (SSSR count). The van der Waals surface area contributed by atoms with Crippen molar-refractivity contribution in [2.45, 2.75) is 19.3 Å². The molecule has 0 N–H and O–H groups in total. The average Bonchev–Trinajstić information content (AvgIpc) is 2.57. The van der Waals surface area contributed by atoms with Crippen LogP contribution in [-0.2, 0) is 6.42 Å². The van der Waals surface area contributed by atoms with Crippen LogP contribution in [-0.4, -0.2) is 23.0 Å². The van der Waals surface area contributed by atoms with Gasteiger partial charge >= 0.3 is 0 Å². The van der Waals surface area contributed by atoms with E-state index in [4.69, 9.17) is 23.8 Å². The van der Waals surface area contributed by atoms with E-state index < -0.39 is 0 Å². The molecule has 1 aliphatic heterocycles. The molecule has 2 aromatic rings. The molecule has 0 aromatic heterocycles. The molecule has 0 atom stereocenters. The molecule has 1 saturated heterocycles. The Morgan fingerprint density at radius 3 is 2.27 bits per heavy atom. The van der Waals surface area contributed by atoms with Crippen molar-refractivity contribution in [2.24, 2.45) is 5.92 Å². The fourth-order valence-corrected chi connectivity index (χ4v) is 3.51. The number of nitrogens with zero attached hydrogens (tertiary/aromatic N) is 1. The first-order valence-corrected chi connectivity index (χ1v) is 8.60. The zero-order valence-corrected chi connectivity index (χ0v) is 14.1. The van der Waals surface area contributed by atoms with E-state index >= 15 is 0 Å². The van der Waals surface area contributed by atoms with E-state index in [2.05, 4.69) is 35.2 Å². The van der Waals surface area contributed by atoms with Crippen molar-refractivity contribution >= 4 is 28.8 Å². The Labute approximate surface area is 142 Å². The highest BCUT2D eigenvalue weighted by Crippen LogP contribution is 2.23. The molecule has 0 amide bonds. The summed E-state index contributed by atoms with van der Waals surface area (Å²) in [5.74, 6) is 0.770. The molecule has 0 radical (unpaired) electrons. The maximum Gasteiger partial charge on any atom is 0.109 e. The van der Waals surface area contributed by atoms with Gasteiger partial charge in [-0.2, -0.15) is 0 Å². The van der Waals surface area contributed by atoms with Gasteiger partial charge in [-0.25, -0.2) is 0 Å². The van der Waals surface area contributed by atoms with E-state index in [-0.39, 0.29) is 0 Å². The monoisotopic (exact) mass is 329 g/mol. The third-order valence-corrected chi connectivity index (χ3v) is 5.11. The van der Waals surface area contributed by atoms with Gasteiger partial charge < -0.3 is 4.90 Å². The quantitative estimate of drug-likeness (QED) is 0.731. The van der Waals surface area contributed by atoms with Crippen LogP contribution in [0.1, 0.15) is 24.0 Å². The van der Waals surface area contributed by atoms with E-state index in [1.54, 1.807) is 0 Å². The van der Waals surface area contributed by atoms with Crippen LogP contribution >= 0.6 is 23.8 Å². The lowest BCUT2D eigenvalue weighted by molar-refractivity contribution is 0.268. The van der Waals surface area contributed by atoms with E-state index in [0.717, 1.165) is 34.6 Å². The SMILES string of the molecule is S=C(c1ccc(Cl)cc1)N1CCC(Cc2ccccc2)CC1. The molecule has 1 fully saturated rings. The Kier molecular flexibility index (Phi) is 5.12. The zero-order chi connectivity index (χ0) is 15.4. The molecular weight excluding hydrogens is 310 g/mol. The van der Waals surface area contributed by atoms with Crippen molar-refractivity contribution in [1.29, 1.82) is 0 Å². The fraction of sp³-hybridized carbons (Fsp3) is 0.316. The Bertz CT molecular complexity index is 616. The van der Waals surface area contributed by atoms with Crippen LogP contribution < -0.4 is 0 Å². The number of piperidine rings is 1. The summed E-state index contributed by atoms with van der Waals surface area (Å²) in [4.78, 5) is 3.29. The molecular formula is C19H20ClNS. The summed E-state index contributed by atoms with van der Waals surface area (Å²) in [5.41, 5.74) is 2.54. The van der Waals surface area contributed by atoms with Crippen LogP contribution in [0.3, 0.4) is 0 Å². The molecule has 0 bridgehead atoms. The van der Waals surface area contributed by atoms with Crippen molar-refractivity contribution in [3.8, 4) is 0 Å². The second-order valence-electron chi connectivity index (χ2n) is 5.93. The summed E-state index contributed by atoms with van der Waals surface area (Å²) in [6, 6.07) is 18.6. The van der Waals surface area contributed by atoms with Crippen LogP contribution in [0.15, 0.2) is 54.6 Å². The minimum Gasteiger partial charge on any atom is -0.362 e. The van der Waals surface area contributed by atoms with E-state index in [9.17, 15) is 0 Å². The zero-order valence-electron chi connectivity index (χ0n) is 12.5. The molecule has 0 unspecified atom stereocenters. The van der Waals surface area contributed by atoms with Gasteiger partial charge in [0, 0.05) is 23.7 Å². The first-order chi connectivity index (χ1) is 10.7. The van der Waals surface area contributed by atoms with Crippen molar-refractivity contribution in [3.05, 3.63) is 70.7 Å². The van der Waals surface area contributed by atoms with Gasteiger partial charge in [-0.1, -0.05) is 66.3 Å². The second kappa shape index (κ2) is 7.26. The minimum atomic E-state index is 0.758. The van der Waals surface area contributed by atoms with Crippen LogP contribution in [0.4, 0.5) is 0 Å². The highest BCUT2D eigenvalue weighted by Gasteiger charge is 2.21. The molecule has 1 heterocycles. The number of thiocarbonyl (C=S) groups is 1. The van der Waals surface area contributed by atoms with Crippen molar-refractivity contribution in [2.75, 3.05) is 13.1 Å². The number of benzene rings is 2. The Morgan fingerprint density at radius 1 is 1.00 bits per heavy atom. The van der Waals surface area contributed by atoms with E-state index in [0.29, 0.717) is 0 Å². The minimum absolute atomic E-state index is 0.758. The predicted molar refractivity (Wildman–Crippen MR) is 97.6 cm³/mol. The topological polar surface area (TPSA) is 3.24 Å². The Morgan fingerprint density at radius 2 is 1.64 bits per heavy atom. The Hall–Kier alpha value is -1.38. The van der Waals surface area contributed by atoms with Crippen LogP contribution in [0.25, 0.3) is 0 Å². The first kappa shape index (κ1) is 15.5. The molecule has 1 aliphatic rings. The van der Waals surface area contributed by atoms with Gasteiger partial charge in [0.1, 0.15) is 4.99 Å². The molecule has 22 heavy (non-hydrogen) atoms. The van der Waals surface area contributed by atoms with Crippen molar-refractivity contribution in [1.82, 2.24) is 4.90 Å². The van der Waals surface area contributed by atoms with E-state index in [1.165, 1.54) is 24.8 Å². The maximum atomic E-state index is 5.94. The smallest absolute Gasteiger partial charge is 0.109 e. The summed E-state index contributed by atoms with van der Waals surface area (Å²) >= 11 is 11.6. The summed E-state index contributed by atoms with van der Waals surface area (Å²) in [6.07, 6.45) is 3.60. The lowest BCUT2D eigenvalue weighted by Gasteiger charge is -2.34. The van der Waals surface area contributed by atoms with Gasteiger partial charge in [-0.05, 0) is 42.9 Å². The molecule has 0 aliphatic carbocycles. The third-order valence-electron chi connectivity index (χ3n) is 4.36. The number of hydrogen-bond donors (Lipinski definition) is 0. The molecule has 3 heteroatoms. The summed E-state index contributed by atoms with van der Waals surface area (Å²) < 4.78 is 0. The number of hydrogen-bond acceptors (Lipinski definition) is 1. The van der Waals surface area contributed by atoms with Gasteiger partial charge in [0.15, 0.2) is 0 Å². The number of rotatable bonds is 3. The fourth-order valence-electron chi connectivity index (χ4n) is 3.06. The number of halogens is 1. The van der Waals surface area contributed by atoms with E-state index in [1.807, 2.05) is 24.3 Å². The predicted octanol–water partition coefficient (Wildman–Crippen LogP) is 4.97. The van der Waals surface area contributed by atoms with Crippen LogP contribution in [0.2, 0.25) is 5.02 Å². The van der Waals surface area contributed by atoms with Crippen LogP contribution in [0.5, 0.6) is 0 Å². The first-order valence-electron chi connectivity index (χ1n) is 7.81. The standard InChI is InChI=1S/C19H20ClNS/c20-18-8-6-17(7-9-18)19(22)21-12-10-16(11-13-21)14-15-4-2-1-3-5-15/h1-9,16H,10-14H2. The molecule has 0 saturated carbocycles. The molecule has 114 valence electrons. The highest BCUT2D eigenvalue weighted by atomic mass is 35.5. The normalized spacial score (nSPS) is 15.8. The maximum absolute atomic E-state index is 5.94. The lowest BCUT2D eigenvalue weighted by Crippen LogP contribution is -2.38. The molecule has 0 spiro atoms. The molecule has 2 aromatic carbocycles. The second-order valence-corrected chi connectivity index (χ2v) is 6.76. The Balaban J connectivity index is 1.55. The summed E-state index contributed by atoms with van der Waals surface area (Å²) in [6.45, 7) is 2.11. The summed E-state index contributed by atoms with van der Waals surface area (Å²) in [7, 11) is 0. The number of likely N-dealkylation sites (tertiary alicyclic amines) is 1. The van der Waals surface area contributed by atoms with Crippen molar-refractivity contribution in [3.63, 3.8) is 0 Å². The molecule has 1 nitrogen and oxygen atoms in total. The average molecular weight is 330 g/mol. The van der Waals surface area contributed by atoms with Gasteiger partial charge in [0.05, 0.1) is 0 Å². The highest BCUT2D eigenvalue weighted by molar-refractivity contribution is 7.80. The van der Waals surface area contributed by atoms with Crippen LogP contribution in [0, 0.1) is 5.92 Å². The van der Waals surface area contributed by atoms with Gasteiger partial charge in [0.25, 0.3) is 0 Å². The van der Waals surface area contributed by atoms with Gasteiger partial charge in [0.2, 0.25) is 0 Å². The van der Waals surface area contributed by atoms with Crippen molar-refractivity contribution < 1.29 is 0 Å². The third kappa shape index (κ3) is 3.88. The van der Waals surface area contributed by atoms with Gasteiger partial charge in [-0.15, -0.1) is 0 Å². The summed E-state index contributed by atoms with van der Waals surface area (Å²) in [5, 5.41) is 0.758. The van der Waals surface area contributed by atoms with Gasteiger partial charge in [-0.3, -0.25) is 0 Å².